The van der Waals surface area contributed by atoms with Gasteiger partial charge in [0.15, 0.2) is 0 Å². The molecule has 19 heavy (non-hydrogen) atoms. The maximum Gasteiger partial charge on any atom is 0.337 e. The van der Waals surface area contributed by atoms with Crippen molar-refractivity contribution in [1.29, 1.82) is 0 Å². The Bertz CT molecular complexity index is 590. The Morgan fingerprint density at radius 2 is 2.21 bits per heavy atom. The molecule has 0 saturated carbocycles. The lowest BCUT2D eigenvalue weighted by Crippen LogP contribution is -2.06. The summed E-state index contributed by atoms with van der Waals surface area (Å²) in [4.78, 5) is 18.8. The topological polar surface area (TPSA) is 67.0 Å². The van der Waals surface area contributed by atoms with Crippen molar-refractivity contribution in [1.82, 2.24) is 9.97 Å². The first-order valence-corrected chi connectivity index (χ1v) is 6.03. The van der Waals surface area contributed by atoms with Crippen molar-refractivity contribution in [2.45, 2.75) is 20.4 Å². The molecule has 0 radical (unpaired) electrons. The lowest BCUT2D eigenvalue weighted by atomic mass is 10.1. The number of benzene rings is 1. The molecule has 100 valence electrons. The molecule has 1 aromatic carbocycles. The van der Waals surface area contributed by atoms with E-state index >= 15 is 0 Å². The van der Waals surface area contributed by atoms with Crippen molar-refractivity contribution >= 4 is 11.7 Å². The molecule has 0 amide bonds. The van der Waals surface area contributed by atoms with Crippen LogP contribution in [0.4, 0.5) is 5.69 Å². The smallest absolute Gasteiger partial charge is 0.337 e. The highest BCUT2D eigenvalue weighted by Gasteiger charge is 2.08. The zero-order valence-electron chi connectivity index (χ0n) is 11.3. The minimum atomic E-state index is -0.334. The molecule has 0 aliphatic carbocycles. The molecule has 0 fully saturated rings. The molecule has 2 aromatic rings. The second-order valence-corrected chi connectivity index (χ2v) is 4.35. The zero-order chi connectivity index (χ0) is 13.8. The fraction of sp³-hybridized carbons (Fsp3) is 0.286. The first kappa shape index (κ1) is 13.1. The van der Waals surface area contributed by atoms with Crippen LogP contribution in [0.1, 0.15) is 27.3 Å². The van der Waals surface area contributed by atoms with Gasteiger partial charge in [-0.1, -0.05) is 6.07 Å². The van der Waals surface area contributed by atoms with E-state index < -0.39 is 0 Å². The number of methoxy groups -OCH3 is 1. The highest BCUT2D eigenvalue weighted by Crippen LogP contribution is 2.18. The molecular weight excluding hydrogens is 242 g/mol. The molecule has 0 spiro atoms. The third kappa shape index (κ3) is 2.93. The number of aromatic nitrogens is 2. The zero-order valence-corrected chi connectivity index (χ0v) is 11.3. The lowest BCUT2D eigenvalue weighted by Gasteiger charge is -2.10. The number of hydrogen-bond acceptors (Lipinski definition) is 4. The summed E-state index contributed by atoms with van der Waals surface area (Å²) in [5.74, 6) is -0.334. The number of imidazole rings is 1. The van der Waals surface area contributed by atoms with Gasteiger partial charge in [-0.3, -0.25) is 0 Å². The number of aryl methyl sites for hydroxylation is 2. The first-order chi connectivity index (χ1) is 9.11. The van der Waals surface area contributed by atoms with Crippen LogP contribution in [0.3, 0.4) is 0 Å². The average Bonchev–Trinajstić information content (AvgIpc) is 2.82. The van der Waals surface area contributed by atoms with E-state index in [0.717, 1.165) is 22.6 Å². The fourth-order valence-corrected chi connectivity index (χ4v) is 1.80. The Morgan fingerprint density at radius 1 is 1.42 bits per heavy atom. The van der Waals surface area contributed by atoms with Crippen LogP contribution in [0, 0.1) is 13.8 Å². The molecule has 0 aliphatic heterocycles. The number of ether oxygens (including phenoxy) is 1. The normalized spacial score (nSPS) is 10.3. The Morgan fingerprint density at radius 3 is 2.84 bits per heavy atom. The number of rotatable bonds is 4. The van der Waals surface area contributed by atoms with Crippen molar-refractivity contribution in [3.05, 3.63) is 47.0 Å². The van der Waals surface area contributed by atoms with E-state index in [4.69, 9.17) is 4.74 Å². The lowest BCUT2D eigenvalue weighted by molar-refractivity contribution is 0.0601. The summed E-state index contributed by atoms with van der Waals surface area (Å²) >= 11 is 0. The number of hydrogen-bond donors (Lipinski definition) is 2. The minimum absolute atomic E-state index is 0.334. The van der Waals surface area contributed by atoms with Crippen molar-refractivity contribution in [3.8, 4) is 0 Å². The summed E-state index contributed by atoms with van der Waals surface area (Å²) < 4.78 is 4.72. The van der Waals surface area contributed by atoms with Gasteiger partial charge in [0.1, 0.15) is 0 Å². The molecule has 0 aliphatic rings. The molecule has 2 N–H and O–H groups in total. The summed E-state index contributed by atoms with van der Waals surface area (Å²) in [6, 6.07) is 5.45. The maximum absolute atomic E-state index is 11.5. The van der Waals surface area contributed by atoms with Crippen LogP contribution in [0.2, 0.25) is 0 Å². The number of carbonyl (C=O) groups is 1. The van der Waals surface area contributed by atoms with Gasteiger partial charge in [-0.2, -0.15) is 0 Å². The van der Waals surface area contributed by atoms with Crippen molar-refractivity contribution in [2.75, 3.05) is 12.4 Å². The molecule has 0 unspecified atom stereocenters. The summed E-state index contributed by atoms with van der Waals surface area (Å²) in [7, 11) is 1.38. The van der Waals surface area contributed by atoms with Gasteiger partial charge >= 0.3 is 5.97 Å². The molecule has 1 aromatic heterocycles. The van der Waals surface area contributed by atoms with Gasteiger partial charge in [-0.05, 0) is 31.5 Å². The average molecular weight is 259 g/mol. The Labute approximate surface area is 112 Å². The van der Waals surface area contributed by atoms with Gasteiger partial charge in [0.2, 0.25) is 0 Å². The number of H-pyrrole nitrogens is 1. The van der Waals surface area contributed by atoms with Crippen LogP contribution in [0.5, 0.6) is 0 Å². The molecular formula is C14H17N3O2. The molecule has 0 saturated heterocycles. The van der Waals surface area contributed by atoms with Crippen LogP contribution >= 0.6 is 0 Å². The van der Waals surface area contributed by atoms with E-state index in [2.05, 4.69) is 15.3 Å². The fourth-order valence-electron chi connectivity index (χ4n) is 1.80. The first-order valence-electron chi connectivity index (χ1n) is 6.03. The Hall–Kier alpha value is -2.30. The number of aromatic amines is 1. The highest BCUT2D eigenvalue weighted by molar-refractivity contribution is 5.90. The largest absolute Gasteiger partial charge is 0.465 e. The summed E-state index contributed by atoms with van der Waals surface area (Å²) in [6.45, 7) is 4.57. The van der Waals surface area contributed by atoms with E-state index in [9.17, 15) is 4.79 Å². The highest BCUT2D eigenvalue weighted by atomic mass is 16.5. The SMILES string of the molecule is COC(=O)c1ccc(C)c(NCc2nc[nH]c2C)c1. The van der Waals surface area contributed by atoms with Crippen LogP contribution in [-0.2, 0) is 11.3 Å². The maximum atomic E-state index is 11.5. The summed E-state index contributed by atoms with van der Waals surface area (Å²) in [5.41, 5.74) is 4.51. The van der Waals surface area contributed by atoms with Gasteiger partial charge in [-0.15, -0.1) is 0 Å². The van der Waals surface area contributed by atoms with E-state index in [1.165, 1.54) is 7.11 Å². The van der Waals surface area contributed by atoms with E-state index in [1.54, 1.807) is 18.5 Å². The Balaban J connectivity index is 2.15. The second-order valence-electron chi connectivity index (χ2n) is 4.35. The van der Waals surface area contributed by atoms with Crippen LogP contribution in [-0.4, -0.2) is 23.0 Å². The van der Waals surface area contributed by atoms with Gasteiger partial charge in [0.05, 0.1) is 31.2 Å². The summed E-state index contributed by atoms with van der Waals surface area (Å²) in [5, 5.41) is 3.29. The van der Waals surface area contributed by atoms with Crippen LogP contribution in [0.25, 0.3) is 0 Å². The number of esters is 1. The van der Waals surface area contributed by atoms with Gasteiger partial charge in [-0.25, -0.2) is 9.78 Å². The number of nitrogens with zero attached hydrogens (tertiary/aromatic N) is 1. The molecule has 0 bridgehead atoms. The number of carbonyl (C=O) groups excluding carboxylic acids is 1. The third-order valence-corrected chi connectivity index (χ3v) is 3.04. The molecule has 5 heteroatoms. The predicted molar refractivity (Wildman–Crippen MR) is 73.2 cm³/mol. The van der Waals surface area contributed by atoms with E-state index in [-0.39, 0.29) is 5.97 Å². The van der Waals surface area contributed by atoms with Crippen molar-refractivity contribution < 1.29 is 9.53 Å². The number of nitrogens with one attached hydrogen (secondary N) is 2. The minimum Gasteiger partial charge on any atom is -0.465 e. The molecule has 0 atom stereocenters. The summed E-state index contributed by atoms with van der Waals surface area (Å²) in [6.07, 6.45) is 1.67. The molecule has 1 heterocycles. The van der Waals surface area contributed by atoms with Crippen molar-refractivity contribution in [2.24, 2.45) is 0 Å². The molecule has 2 rings (SSSR count). The van der Waals surface area contributed by atoms with Gasteiger partial charge in [0, 0.05) is 11.4 Å². The van der Waals surface area contributed by atoms with E-state index in [1.807, 2.05) is 19.9 Å². The van der Waals surface area contributed by atoms with Crippen LogP contribution in [0.15, 0.2) is 24.5 Å². The standard InChI is InChI=1S/C14H17N3O2/c1-9-4-5-11(14(18)19-3)6-12(9)15-7-13-10(2)16-8-17-13/h4-6,8,15H,7H2,1-3H3,(H,16,17). The van der Waals surface area contributed by atoms with Gasteiger partial charge in [0.25, 0.3) is 0 Å². The second kappa shape index (κ2) is 5.56. The molecule has 5 nitrogen and oxygen atoms in total. The van der Waals surface area contributed by atoms with E-state index in [0.29, 0.717) is 12.1 Å². The predicted octanol–water partition coefficient (Wildman–Crippen LogP) is 2.43. The van der Waals surface area contributed by atoms with Crippen LogP contribution < -0.4 is 5.32 Å². The quantitative estimate of drug-likeness (QED) is 0.827. The monoisotopic (exact) mass is 259 g/mol. The third-order valence-electron chi connectivity index (χ3n) is 3.04. The van der Waals surface area contributed by atoms with Gasteiger partial charge < -0.3 is 15.0 Å². The number of anilines is 1. The Kier molecular flexibility index (Phi) is 3.85. The van der Waals surface area contributed by atoms with Crippen molar-refractivity contribution in [3.63, 3.8) is 0 Å².